The molecule has 1 aliphatic heterocycles. The summed E-state index contributed by atoms with van der Waals surface area (Å²) in [7, 11) is -4.10. The molecule has 2 fully saturated rings. The molecule has 0 bridgehead atoms. The van der Waals surface area contributed by atoms with Crippen molar-refractivity contribution in [1.82, 2.24) is 10.0 Å². The molecule has 1 saturated carbocycles. The molecular weight excluding hydrogens is 361 g/mol. The number of nitrogens with zero attached hydrogens (tertiary/aromatic N) is 1. The number of carbonyl (C=O) groups is 2. The van der Waals surface area contributed by atoms with Gasteiger partial charge in [0.1, 0.15) is 6.54 Å². The van der Waals surface area contributed by atoms with Crippen molar-refractivity contribution in [3.05, 3.63) is 41.7 Å². The molecule has 2 aromatic rings. The summed E-state index contributed by atoms with van der Waals surface area (Å²) in [4.78, 5) is 23.6. The maximum Gasteiger partial charge on any atom is 0.326 e. The highest BCUT2D eigenvalue weighted by Crippen LogP contribution is 2.31. The van der Waals surface area contributed by atoms with Crippen molar-refractivity contribution >= 4 is 38.5 Å². The van der Waals surface area contributed by atoms with Crippen LogP contribution in [0.3, 0.4) is 0 Å². The molecule has 26 heavy (non-hydrogen) atoms. The Hall–Kier alpha value is -2.68. The van der Waals surface area contributed by atoms with E-state index in [9.17, 15) is 22.4 Å². The molecule has 1 aliphatic carbocycles. The smallest absolute Gasteiger partial charge is 0.326 e. The summed E-state index contributed by atoms with van der Waals surface area (Å²) in [5.74, 6) is -1.29. The first-order chi connectivity index (χ1) is 12.3. The second kappa shape index (κ2) is 5.94. The highest BCUT2D eigenvalue weighted by molar-refractivity contribution is 7.92. The predicted molar refractivity (Wildman–Crippen MR) is 93.4 cm³/mol. The zero-order valence-electron chi connectivity index (χ0n) is 13.7. The summed E-state index contributed by atoms with van der Waals surface area (Å²) >= 11 is 0. The molecule has 2 aromatic carbocycles. The maximum absolute atomic E-state index is 15.0. The Morgan fingerprint density at radius 3 is 2.65 bits per heavy atom. The second-order valence-electron chi connectivity index (χ2n) is 6.52. The average molecular weight is 377 g/mol. The lowest BCUT2D eigenvalue weighted by atomic mass is 10.0. The zero-order chi connectivity index (χ0) is 18.5. The maximum atomic E-state index is 15.0. The van der Waals surface area contributed by atoms with Crippen LogP contribution in [0, 0.1) is 11.7 Å². The van der Waals surface area contributed by atoms with E-state index in [4.69, 9.17) is 0 Å². The van der Waals surface area contributed by atoms with Gasteiger partial charge in [0.25, 0.3) is 11.8 Å². The molecule has 0 radical (unpaired) electrons. The van der Waals surface area contributed by atoms with Gasteiger partial charge in [-0.25, -0.2) is 13.4 Å². The lowest BCUT2D eigenvalue weighted by Gasteiger charge is -2.16. The van der Waals surface area contributed by atoms with Crippen LogP contribution in [0.25, 0.3) is 10.8 Å². The van der Waals surface area contributed by atoms with E-state index in [0.717, 1.165) is 12.8 Å². The molecule has 2 aliphatic rings. The third kappa shape index (κ3) is 2.98. The van der Waals surface area contributed by atoms with Gasteiger partial charge in [-0.15, -0.1) is 0 Å². The van der Waals surface area contributed by atoms with Crippen LogP contribution in [0.1, 0.15) is 23.2 Å². The lowest BCUT2D eigenvalue weighted by Crippen LogP contribution is -2.30. The van der Waals surface area contributed by atoms with Crippen LogP contribution in [0.5, 0.6) is 0 Å². The van der Waals surface area contributed by atoms with E-state index in [1.54, 1.807) is 18.2 Å². The van der Waals surface area contributed by atoms with E-state index >= 15 is 0 Å². The Balaban J connectivity index is 1.71. The minimum absolute atomic E-state index is 0.121. The first-order valence-corrected chi connectivity index (χ1v) is 9.63. The first kappa shape index (κ1) is 16.8. The van der Waals surface area contributed by atoms with Crippen molar-refractivity contribution in [1.29, 1.82) is 0 Å². The van der Waals surface area contributed by atoms with Crippen LogP contribution in [-0.2, 0) is 15.0 Å². The Labute approximate surface area is 149 Å². The van der Waals surface area contributed by atoms with Gasteiger partial charge in [0.2, 0.25) is 0 Å². The van der Waals surface area contributed by atoms with Gasteiger partial charge < -0.3 is 5.32 Å². The predicted octanol–water partition coefficient (Wildman–Crippen LogP) is 1.30. The van der Waals surface area contributed by atoms with E-state index in [2.05, 4.69) is 5.32 Å². The third-order valence-corrected chi connectivity index (χ3v) is 5.93. The van der Waals surface area contributed by atoms with Gasteiger partial charge in [0, 0.05) is 17.5 Å². The molecule has 4 rings (SSSR count). The van der Waals surface area contributed by atoms with E-state index in [1.807, 2.05) is 4.72 Å². The number of hydrogen-bond donors (Lipinski definition) is 2. The molecule has 0 aromatic heterocycles. The standard InChI is InChI=1S/C17H16FN3O4S/c18-16-13-7-12(17(23)19-8-10-1-2-10)4-3-11(13)5-6-14(16)21-9-15(22)20-26(21,24)25/h3-7,10H,1-2,8-9H2,(H,19,23)(H,20,22). The molecular formula is C17H16FN3O4S. The van der Waals surface area contributed by atoms with E-state index in [-0.39, 0.29) is 17.0 Å². The van der Waals surface area contributed by atoms with Gasteiger partial charge in [-0.2, -0.15) is 8.42 Å². The summed E-state index contributed by atoms with van der Waals surface area (Å²) < 4.78 is 41.4. The molecule has 1 saturated heterocycles. The third-order valence-electron chi connectivity index (χ3n) is 4.53. The van der Waals surface area contributed by atoms with Gasteiger partial charge in [-0.3, -0.25) is 9.59 Å². The van der Waals surface area contributed by atoms with Gasteiger partial charge in [-0.1, -0.05) is 12.1 Å². The molecule has 1 heterocycles. The minimum Gasteiger partial charge on any atom is -0.352 e. The topological polar surface area (TPSA) is 95.6 Å². The first-order valence-electron chi connectivity index (χ1n) is 8.19. The fraction of sp³-hybridized carbons (Fsp3) is 0.294. The van der Waals surface area contributed by atoms with Gasteiger partial charge in [0.15, 0.2) is 5.82 Å². The number of benzene rings is 2. The Morgan fingerprint density at radius 1 is 1.27 bits per heavy atom. The highest BCUT2D eigenvalue weighted by atomic mass is 32.2. The normalized spacial score (nSPS) is 18.8. The molecule has 2 amide bonds. The monoisotopic (exact) mass is 377 g/mol. The van der Waals surface area contributed by atoms with Crippen molar-refractivity contribution in [2.75, 3.05) is 17.4 Å². The molecule has 0 unspecified atom stereocenters. The molecule has 136 valence electrons. The Morgan fingerprint density at radius 2 is 2.00 bits per heavy atom. The molecule has 9 heteroatoms. The second-order valence-corrected chi connectivity index (χ2v) is 8.12. The van der Waals surface area contributed by atoms with Crippen LogP contribution in [0.15, 0.2) is 30.3 Å². The molecule has 0 atom stereocenters. The van der Waals surface area contributed by atoms with Crippen molar-refractivity contribution in [2.24, 2.45) is 5.92 Å². The quantitative estimate of drug-likeness (QED) is 0.840. The average Bonchev–Trinajstić information content (AvgIpc) is 3.37. The summed E-state index contributed by atoms with van der Waals surface area (Å²) in [5, 5.41) is 3.46. The Kier molecular flexibility index (Phi) is 3.83. The summed E-state index contributed by atoms with van der Waals surface area (Å²) in [6.07, 6.45) is 2.21. The Bertz CT molecular complexity index is 1030. The van der Waals surface area contributed by atoms with Crippen LogP contribution in [0.4, 0.5) is 10.1 Å². The number of fused-ring (bicyclic) bond motifs is 1. The van der Waals surface area contributed by atoms with Crippen molar-refractivity contribution in [2.45, 2.75) is 12.8 Å². The van der Waals surface area contributed by atoms with E-state index in [1.165, 1.54) is 12.1 Å². The fourth-order valence-corrected chi connectivity index (χ4v) is 4.08. The fourth-order valence-electron chi connectivity index (χ4n) is 2.93. The van der Waals surface area contributed by atoms with Crippen LogP contribution in [-0.4, -0.2) is 33.3 Å². The van der Waals surface area contributed by atoms with Crippen LogP contribution >= 0.6 is 0 Å². The number of rotatable bonds is 4. The van der Waals surface area contributed by atoms with Crippen molar-refractivity contribution in [3.63, 3.8) is 0 Å². The van der Waals surface area contributed by atoms with Crippen molar-refractivity contribution in [3.8, 4) is 0 Å². The number of nitrogens with one attached hydrogen (secondary N) is 2. The molecule has 0 spiro atoms. The zero-order valence-corrected chi connectivity index (χ0v) is 14.5. The number of carbonyl (C=O) groups excluding carboxylic acids is 2. The summed E-state index contributed by atoms with van der Waals surface area (Å²) in [6, 6.07) is 7.46. The number of halogens is 1. The summed E-state index contributed by atoms with van der Waals surface area (Å²) in [6.45, 7) is 0.117. The van der Waals surface area contributed by atoms with Gasteiger partial charge in [-0.05, 0) is 42.3 Å². The number of hydrogen-bond acceptors (Lipinski definition) is 4. The highest BCUT2D eigenvalue weighted by Gasteiger charge is 2.35. The largest absolute Gasteiger partial charge is 0.352 e. The molecule has 2 N–H and O–H groups in total. The van der Waals surface area contributed by atoms with E-state index in [0.29, 0.717) is 27.7 Å². The summed E-state index contributed by atoms with van der Waals surface area (Å²) in [5.41, 5.74) is 0.0686. The van der Waals surface area contributed by atoms with Crippen LogP contribution in [0.2, 0.25) is 0 Å². The van der Waals surface area contributed by atoms with Crippen LogP contribution < -0.4 is 14.3 Å². The number of anilines is 1. The molecule has 7 nitrogen and oxygen atoms in total. The lowest BCUT2D eigenvalue weighted by molar-refractivity contribution is -0.117. The van der Waals surface area contributed by atoms with Gasteiger partial charge in [0.05, 0.1) is 5.69 Å². The van der Waals surface area contributed by atoms with Gasteiger partial charge >= 0.3 is 10.2 Å². The van der Waals surface area contributed by atoms with E-state index < -0.39 is 28.5 Å². The minimum atomic E-state index is -4.10. The SMILES string of the molecule is O=C1CN(c2ccc3ccc(C(=O)NCC4CC4)cc3c2F)S(=O)(=O)N1. The van der Waals surface area contributed by atoms with Crippen molar-refractivity contribution < 1.29 is 22.4 Å². The number of amides is 2.